The number of nitrogens with zero attached hydrogens (tertiary/aromatic N) is 3. The zero-order chi connectivity index (χ0) is 23.1. The molecular formula is C20H18F6N4O2. The number of halogens is 6. The molecule has 1 aliphatic heterocycles. The van der Waals surface area contributed by atoms with Gasteiger partial charge in [-0.05, 0) is 36.2 Å². The van der Waals surface area contributed by atoms with E-state index in [1.54, 1.807) is 18.3 Å². The minimum Gasteiger partial charge on any atom is -0.389 e. The van der Waals surface area contributed by atoms with Crippen LogP contribution in [0.3, 0.4) is 0 Å². The van der Waals surface area contributed by atoms with Crippen LogP contribution in [-0.4, -0.2) is 51.2 Å². The van der Waals surface area contributed by atoms with Gasteiger partial charge in [-0.2, -0.15) is 26.3 Å². The predicted octanol–water partition coefficient (Wildman–Crippen LogP) is 4.08. The molecule has 1 fully saturated rings. The first-order valence-corrected chi connectivity index (χ1v) is 9.66. The molecule has 3 aromatic rings. The van der Waals surface area contributed by atoms with Crippen LogP contribution in [0.15, 0.2) is 36.5 Å². The zero-order valence-electron chi connectivity index (χ0n) is 16.4. The van der Waals surface area contributed by atoms with Gasteiger partial charge in [0.1, 0.15) is 5.69 Å². The van der Waals surface area contributed by atoms with Crippen molar-refractivity contribution < 1.29 is 36.2 Å². The largest absolute Gasteiger partial charge is 0.416 e. The third-order valence-electron chi connectivity index (χ3n) is 5.18. The molecule has 6 nitrogen and oxygen atoms in total. The van der Waals surface area contributed by atoms with Crippen molar-refractivity contribution in [1.82, 2.24) is 14.6 Å². The molecule has 0 saturated carbocycles. The maximum absolute atomic E-state index is 13.1. The van der Waals surface area contributed by atoms with Gasteiger partial charge in [0.25, 0.3) is 0 Å². The van der Waals surface area contributed by atoms with Gasteiger partial charge in [-0.15, -0.1) is 10.2 Å². The van der Waals surface area contributed by atoms with Crippen LogP contribution in [0.1, 0.15) is 17.5 Å². The quantitative estimate of drug-likeness (QED) is 0.575. The minimum absolute atomic E-state index is 0.0149. The summed E-state index contributed by atoms with van der Waals surface area (Å²) in [6.45, 7) is 0.575. The van der Waals surface area contributed by atoms with E-state index in [4.69, 9.17) is 4.74 Å². The summed E-state index contributed by atoms with van der Waals surface area (Å²) in [5, 5.41) is 21.2. The summed E-state index contributed by atoms with van der Waals surface area (Å²) in [4.78, 5) is 0. The molecule has 2 atom stereocenters. The highest BCUT2D eigenvalue weighted by molar-refractivity contribution is 5.80. The van der Waals surface area contributed by atoms with Crippen molar-refractivity contribution in [3.8, 4) is 11.3 Å². The van der Waals surface area contributed by atoms with Gasteiger partial charge in [0.05, 0.1) is 36.3 Å². The maximum atomic E-state index is 13.1. The second-order valence-corrected chi connectivity index (χ2v) is 7.48. The van der Waals surface area contributed by atoms with Crippen molar-refractivity contribution in [1.29, 1.82) is 0 Å². The summed E-state index contributed by atoms with van der Waals surface area (Å²) in [5.74, 6) is 0.240. The van der Waals surface area contributed by atoms with Crippen LogP contribution < -0.4 is 5.32 Å². The van der Waals surface area contributed by atoms with Crippen LogP contribution in [0.2, 0.25) is 0 Å². The van der Waals surface area contributed by atoms with E-state index < -0.39 is 36.0 Å². The Bertz CT molecular complexity index is 1110. The monoisotopic (exact) mass is 460 g/mol. The van der Waals surface area contributed by atoms with Crippen LogP contribution in [-0.2, 0) is 17.3 Å². The van der Waals surface area contributed by atoms with Crippen molar-refractivity contribution in [2.45, 2.75) is 37.3 Å². The molecule has 32 heavy (non-hydrogen) atoms. The molecule has 3 heterocycles. The van der Waals surface area contributed by atoms with E-state index in [9.17, 15) is 31.4 Å². The molecule has 0 bridgehead atoms. The second kappa shape index (κ2) is 8.24. The number of aromatic nitrogens is 3. The number of ether oxygens (including phenoxy) is 1. The SMILES string of the molecule is O[C@@H]1COCC[C@H]1Nc1nnc(-c2ccc(C(F)(F)F)cc2CC(F)(F)F)c2cccn12. The summed E-state index contributed by atoms with van der Waals surface area (Å²) in [7, 11) is 0. The van der Waals surface area contributed by atoms with E-state index in [1.807, 2.05) is 0 Å². The Kier molecular flexibility index (Phi) is 5.76. The molecule has 1 aromatic carbocycles. The third kappa shape index (κ3) is 4.65. The molecule has 4 rings (SSSR count). The molecule has 1 saturated heterocycles. The molecule has 0 aliphatic carbocycles. The topological polar surface area (TPSA) is 71.7 Å². The first kappa shape index (κ1) is 22.3. The molecule has 0 radical (unpaired) electrons. The summed E-state index contributed by atoms with van der Waals surface area (Å²) < 4.78 is 85.3. The van der Waals surface area contributed by atoms with Crippen molar-refractivity contribution in [2.24, 2.45) is 0 Å². The highest BCUT2D eigenvalue weighted by Crippen LogP contribution is 2.36. The Morgan fingerprint density at radius 3 is 2.59 bits per heavy atom. The lowest BCUT2D eigenvalue weighted by Gasteiger charge is -2.28. The number of benzene rings is 1. The van der Waals surface area contributed by atoms with E-state index in [0.717, 1.165) is 12.1 Å². The third-order valence-corrected chi connectivity index (χ3v) is 5.18. The minimum atomic E-state index is -4.78. The standard InChI is InChI=1S/C20H18F6N4O2/c21-19(22,23)9-11-8-12(20(24,25)26)3-4-13(11)17-15-2-1-6-30(15)18(29-28-17)27-14-5-7-32-10-16(14)31/h1-4,6,8,14,16,31H,5,7,9-10H2,(H,27,29)/t14-,16-/m1/s1. The highest BCUT2D eigenvalue weighted by Gasteiger charge is 2.35. The summed E-state index contributed by atoms with van der Waals surface area (Å²) in [6.07, 6.45) is -9.74. The summed E-state index contributed by atoms with van der Waals surface area (Å²) in [6, 6.07) is 5.01. The lowest BCUT2D eigenvalue weighted by atomic mass is 9.98. The lowest BCUT2D eigenvalue weighted by Crippen LogP contribution is -2.42. The molecule has 0 unspecified atom stereocenters. The van der Waals surface area contributed by atoms with Crippen molar-refractivity contribution in [2.75, 3.05) is 18.5 Å². The number of fused-ring (bicyclic) bond motifs is 1. The highest BCUT2D eigenvalue weighted by atomic mass is 19.4. The van der Waals surface area contributed by atoms with E-state index in [1.165, 1.54) is 4.40 Å². The molecule has 2 N–H and O–H groups in total. The number of hydrogen-bond acceptors (Lipinski definition) is 5. The molecule has 2 aromatic heterocycles. The first-order valence-electron chi connectivity index (χ1n) is 9.66. The van der Waals surface area contributed by atoms with E-state index in [2.05, 4.69) is 15.5 Å². The fourth-order valence-corrected chi connectivity index (χ4v) is 3.67. The van der Waals surface area contributed by atoms with Crippen LogP contribution in [0, 0.1) is 0 Å². The van der Waals surface area contributed by atoms with Crippen LogP contribution >= 0.6 is 0 Å². The number of anilines is 1. The molecule has 172 valence electrons. The van der Waals surface area contributed by atoms with Gasteiger partial charge in [-0.3, -0.25) is 4.40 Å². The normalized spacial score (nSPS) is 20.0. The van der Waals surface area contributed by atoms with Crippen molar-refractivity contribution >= 4 is 11.5 Å². The number of rotatable bonds is 4. The average molecular weight is 460 g/mol. The fraction of sp³-hybridized carbons (Fsp3) is 0.400. The summed E-state index contributed by atoms with van der Waals surface area (Å²) >= 11 is 0. The second-order valence-electron chi connectivity index (χ2n) is 7.48. The predicted molar refractivity (Wildman–Crippen MR) is 102 cm³/mol. The molecule has 12 heteroatoms. The van der Waals surface area contributed by atoms with Gasteiger partial charge in [-0.25, -0.2) is 0 Å². The number of hydrogen-bond donors (Lipinski definition) is 2. The maximum Gasteiger partial charge on any atom is 0.416 e. The molecule has 1 aliphatic rings. The first-order chi connectivity index (χ1) is 15.0. The molecule has 0 amide bonds. The van der Waals surface area contributed by atoms with Crippen LogP contribution in [0.25, 0.3) is 16.8 Å². The Labute approximate surface area is 177 Å². The fourth-order valence-electron chi connectivity index (χ4n) is 3.67. The van der Waals surface area contributed by atoms with Crippen LogP contribution in [0.5, 0.6) is 0 Å². The van der Waals surface area contributed by atoms with E-state index >= 15 is 0 Å². The van der Waals surface area contributed by atoms with Crippen molar-refractivity contribution in [3.05, 3.63) is 47.7 Å². The Morgan fingerprint density at radius 1 is 1.12 bits per heavy atom. The number of alkyl halides is 6. The van der Waals surface area contributed by atoms with Gasteiger partial charge in [0.15, 0.2) is 0 Å². The Morgan fingerprint density at radius 2 is 1.91 bits per heavy atom. The van der Waals surface area contributed by atoms with E-state index in [0.29, 0.717) is 24.6 Å². The van der Waals surface area contributed by atoms with Crippen molar-refractivity contribution in [3.63, 3.8) is 0 Å². The van der Waals surface area contributed by atoms with Crippen LogP contribution in [0.4, 0.5) is 32.3 Å². The average Bonchev–Trinajstić information content (AvgIpc) is 3.19. The Balaban J connectivity index is 1.77. The van der Waals surface area contributed by atoms with E-state index in [-0.39, 0.29) is 29.9 Å². The van der Waals surface area contributed by atoms with Gasteiger partial charge in [-0.1, -0.05) is 6.07 Å². The number of nitrogens with one attached hydrogen (secondary N) is 1. The smallest absolute Gasteiger partial charge is 0.389 e. The van der Waals surface area contributed by atoms with Gasteiger partial charge >= 0.3 is 12.4 Å². The van der Waals surface area contributed by atoms with Gasteiger partial charge in [0, 0.05) is 18.4 Å². The lowest BCUT2D eigenvalue weighted by molar-refractivity contribution is -0.138. The summed E-state index contributed by atoms with van der Waals surface area (Å²) in [5.41, 5.74) is -1.45. The molecular weight excluding hydrogens is 442 g/mol. The Hall–Kier alpha value is -2.86. The number of aliphatic hydroxyl groups is 1. The molecule has 0 spiro atoms. The number of aliphatic hydroxyl groups excluding tert-OH is 1. The van der Waals surface area contributed by atoms with Gasteiger partial charge in [0.2, 0.25) is 5.95 Å². The zero-order valence-corrected chi connectivity index (χ0v) is 16.4. The van der Waals surface area contributed by atoms with Gasteiger partial charge < -0.3 is 15.2 Å².